The number of rotatable bonds is 3. The van der Waals surface area contributed by atoms with Gasteiger partial charge in [0.1, 0.15) is 5.78 Å². The first-order chi connectivity index (χ1) is 6.43. The highest BCUT2D eigenvalue weighted by molar-refractivity contribution is 5.84. The molecular weight excluding hydrogens is 182 g/mol. The predicted molar refractivity (Wildman–Crippen MR) is 51.7 cm³/mol. The van der Waals surface area contributed by atoms with E-state index in [-0.39, 0.29) is 24.2 Å². The fourth-order valence-corrected chi connectivity index (χ4v) is 1.90. The Labute approximate surface area is 83.7 Å². The van der Waals surface area contributed by atoms with Crippen LogP contribution in [-0.2, 0) is 9.59 Å². The Morgan fingerprint density at radius 2 is 2.36 bits per heavy atom. The highest BCUT2D eigenvalue weighted by atomic mass is 16.3. The van der Waals surface area contributed by atoms with Gasteiger partial charge < -0.3 is 10.4 Å². The van der Waals surface area contributed by atoms with E-state index in [0.29, 0.717) is 6.42 Å². The van der Waals surface area contributed by atoms with Gasteiger partial charge in [0.05, 0.1) is 5.60 Å². The number of carbonyl (C=O) groups is 2. The Hall–Kier alpha value is -0.900. The van der Waals surface area contributed by atoms with Gasteiger partial charge in [0.2, 0.25) is 5.91 Å². The first-order valence-corrected chi connectivity index (χ1v) is 4.93. The van der Waals surface area contributed by atoms with E-state index in [2.05, 4.69) is 5.32 Å². The second kappa shape index (κ2) is 4.09. The van der Waals surface area contributed by atoms with E-state index in [0.717, 1.165) is 12.8 Å². The van der Waals surface area contributed by atoms with Crippen molar-refractivity contribution in [1.82, 2.24) is 5.32 Å². The zero-order valence-electron chi connectivity index (χ0n) is 8.67. The maximum absolute atomic E-state index is 11.4. The van der Waals surface area contributed by atoms with Gasteiger partial charge in [-0.15, -0.1) is 0 Å². The average molecular weight is 199 g/mol. The normalized spacial score (nSPS) is 25.9. The predicted octanol–water partition coefficient (Wildman–Crippen LogP) is 0.243. The Morgan fingerprint density at radius 3 is 2.79 bits per heavy atom. The molecule has 0 aliphatic heterocycles. The van der Waals surface area contributed by atoms with E-state index in [1.54, 1.807) is 6.92 Å². The lowest BCUT2D eigenvalue weighted by atomic mass is 9.87. The fraction of sp³-hybridized carbons (Fsp3) is 0.800. The SMILES string of the molecule is CC(=O)NC[C@@](C)(O)[C@H]1CCCC1=O. The Morgan fingerprint density at radius 1 is 1.71 bits per heavy atom. The standard InChI is InChI=1S/C10H17NO3/c1-7(12)11-6-10(2,14)8-4-3-5-9(8)13/h8,14H,3-6H2,1-2H3,(H,11,12)/t8-,10+/m0/s1. The molecule has 1 saturated carbocycles. The fourth-order valence-electron chi connectivity index (χ4n) is 1.90. The molecule has 0 aromatic heterocycles. The van der Waals surface area contributed by atoms with Gasteiger partial charge in [-0.2, -0.15) is 0 Å². The lowest BCUT2D eigenvalue weighted by molar-refractivity contribution is -0.130. The van der Waals surface area contributed by atoms with Crippen molar-refractivity contribution in [2.24, 2.45) is 5.92 Å². The van der Waals surface area contributed by atoms with Crippen LogP contribution in [0, 0.1) is 5.92 Å². The molecule has 0 radical (unpaired) electrons. The van der Waals surface area contributed by atoms with Gasteiger partial charge in [-0.25, -0.2) is 0 Å². The lowest BCUT2D eigenvalue weighted by Crippen LogP contribution is -2.47. The highest BCUT2D eigenvalue weighted by Gasteiger charge is 2.39. The van der Waals surface area contributed by atoms with E-state index in [1.807, 2.05) is 0 Å². The number of hydrogen-bond donors (Lipinski definition) is 2. The molecule has 0 aromatic carbocycles. The molecule has 0 saturated heterocycles. The molecule has 4 heteroatoms. The van der Waals surface area contributed by atoms with Crippen LogP contribution in [0.4, 0.5) is 0 Å². The van der Waals surface area contributed by atoms with Gasteiger partial charge in [-0.3, -0.25) is 9.59 Å². The van der Waals surface area contributed by atoms with Crippen LogP contribution in [0.1, 0.15) is 33.1 Å². The zero-order chi connectivity index (χ0) is 10.8. The van der Waals surface area contributed by atoms with Gasteiger partial charge in [0.25, 0.3) is 0 Å². The number of amides is 1. The Bertz CT molecular complexity index is 248. The number of Topliss-reactive ketones (excluding diaryl/α,β-unsaturated/α-hetero) is 1. The molecular formula is C10H17NO3. The second-order valence-electron chi connectivity index (χ2n) is 4.18. The van der Waals surface area contributed by atoms with Crippen molar-refractivity contribution in [3.8, 4) is 0 Å². The third kappa shape index (κ3) is 2.54. The number of nitrogens with one attached hydrogen (secondary N) is 1. The molecule has 80 valence electrons. The summed E-state index contributed by atoms with van der Waals surface area (Å²) in [6.45, 7) is 3.15. The average Bonchev–Trinajstić information content (AvgIpc) is 2.48. The molecule has 14 heavy (non-hydrogen) atoms. The molecule has 2 N–H and O–H groups in total. The largest absolute Gasteiger partial charge is 0.388 e. The van der Waals surface area contributed by atoms with E-state index in [9.17, 15) is 14.7 Å². The maximum atomic E-state index is 11.4. The molecule has 4 nitrogen and oxygen atoms in total. The van der Waals surface area contributed by atoms with Gasteiger partial charge in [0.15, 0.2) is 0 Å². The summed E-state index contributed by atoms with van der Waals surface area (Å²) in [7, 11) is 0. The van der Waals surface area contributed by atoms with Crippen LogP contribution in [-0.4, -0.2) is 28.9 Å². The quantitative estimate of drug-likeness (QED) is 0.684. The first kappa shape index (κ1) is 11.2. The summed E-state index contributed by atoms with van der Waals surface area (Å²) in [5, 5.41) is 12.5. The minimum absolute atomic E-state index is 0.111. The summed E-state index contributed by atoms with van der Waals surface area (Å²) in [5.41, 5.74) is -1.10. The summed E-state index contributed by atoms with van der Waals surface area (Å²) in [5.74, 6) is -0.384. The van der Waals surface area contributed by atoms with Crippen molar-refractivity contribution < 1.29 is 14.7 Å². The van der Waals surface area contributed by atoms with Crippen molar-refractivity contribution in [3.63, 3.8) is 0 Å². The third-order valence-corrected chi connectivity index (χ3v) is 2.75. The lowest BCUT2D eigenvalue weighted by Gasteiger charge is -2.28. The zero-order valence-corrected chi connectivity index (χ0v) is 8.67. The molecule has 1 aliphatic carbocycles. The summed E-state index contributed by atoms with van der Waals surface area (Å²) in [6, 6.07) is 0. The van der Waals surface area contributed by atoms with Crippen LogP contribution in [0.25, 0.3) is 0 Å². The summed E-state index contributed by atoms with van der Waals surface area (Å²) < 4.78 is 0. The molecule has 2 atom stereocenters. The van der Waals surface area contributed by atoms with Crippen LogP contribution in [0.3, 0.4) is 0 Å². The van der Waals surface area contributed by atoms with Crippen LogP contribution in [0.5, 0.6) is 0 Å². The van der Waals surface area contributed by atoms with Gasteiger partial charge in [0, 0.05) is 25.8 Å². The van der Waals surface area contributed by atoms with Crippen molar-refractivity contribution >= 4 is 11.7 Å². The van der Waals surface area contributed by atoms with Crippen LogP contribution < -0.4 is 5.32 Å². The second-order valence-corrected chi connectivity index (χ2v) is 4.18. The molecule has 0 heterocycles. The molecule has 0 spiro atoms. The van der Waals surface area contributed by atoms with E-state index >= 15 is 0 Å². The molecule has 0 unspecified atom stereocenters. The highest BCUT2D eigenvalue weighted by Crippen LogP contribution is 2.30. The Kier molecular flexibility index (Phi) is 3.26. The monoisotopic (exact) mass is 199 g/mol. The Balaban J connectivity index is 2.54. The molecule has 1 fully saturated rings. The summed E-state index contributed by atoms with van der Waals surface area (Å²) in [4.78, 5) is 22.1. The van der Waals surface area contributed by atoms with E-state index < -0.39 is 5.60 Å². The minimum atomic E-state index is -1.10. The molecule has 1 aliphatic rings. The molecule has 1 rings (SSSR count). The van der Waals surface area contributed by atoms with Gasteiger partial charge >= 0.3 is 0 Å². The van der Waals surface area contributed by atoms with Crippen LogP contribution in [0.2, 0.25) is 0 Å². The summed E-state index contributed by atoms with van der Waals surface area (Å²) in [6.07, 6.45) is 2.13. The van der Waals surface area contributed by atoms with Crippen LogP contribution in [0.15, 0.2) is 0 Å². The van der Waals surface area contributed by atoms with Crippen molar-refractivity contribution in [2.75, 3.05) is 6.54 Å². The smallest absolute Gasteiger partial charge is 0.216 e. The van der Waals surface area contributed by atoms with Gasteiger partial charge in [-0.05, 0) is 19.8 Å². The maximum Gasteiger partial charge on any atom is 0.216 e. The van der Waals surface area contributed by atoms with Crippen LogP contribution >= 0.6 is 0 Å². The summed E-state index contributed by atoms with van der Waals surface area (Å²) >= 11 is 0. The van der Waals surface area contributed by atoms with E-state index in [4.69, 9.17) is 0 Å². The van der Waals surface area contributed by atoms with Crippen molar-refractivity contribution in [1.29, 1.82) is 0 Å². The van der Waals surface area contributed by atoms with E-state index in [1.165, 1.54) is 6.92 Å². The number of carbonyl (C=O) groups excluding carboxylic acids is 2. The van der Waals surface area contributed by atoms with Gasteiger partial charge in [-0.1, -0.05) is 0 Å². The topological polar surface area (TPSA) is 66.4 Å². The number of hydrogen-bond acceptors (Lipinski definition) is 3. The molecule has 0 aromatic rings. The molecule has 0 bridgehead atoms. The third-order valence-electron chi connectivity index (χ3n) is 2.75. The van der Waals surface area contributed by atoms with Crippen molar-refractivity contribution in [3.05, 3.63) is 0 Å². The molecule has 1 amide bonds. The minimum Gasteiger partial charge on any atom is -0.388 e. The van der Waals surface area contributed by atoms with Crippen molar-refractivity contribution in [2.45, 2.75) is 38.7 Å². The number of ketones is 1. The number of aliphatic hydroxyl groups is 1. The first-order valence-electron chi connectivity index (χ1n) is 4.93.